The molecule has 0 amide bonds. The summed E-state index contributed by atoms with van der Waals surface area (Å²) >= 11 is 0. The molecule has 4 heteroatoms. The lowest BCUT2D eigenvalue weighted by molar-refractivity contribution is 0.456. The SMILES string of the molecule is NNC(c1cncc(F)c1)C1C2CCc3ccccc3C21. The number of hydrogen-bond acceptors (Lipinski definition) is 3. The van der Waals surface area contributed by atoms with E-state index in [0.29, 0.717) is 17.8 Å². The zero-order valence-corrected chi connectivity index (χ0v) is 11.7. The van der Waals surface area contributed by atoms with E-state index in [4.69, 9.17) is 5.84 Å². The minimum Gasteiger partial charge on any atom is -0.271 e. The van der Waals surface area contributed by atoms with Crippen LogP contribution in [0.1, 0.15) is 35.1 Å². The lowest BCUT2D eigenvalue weighted by atomic mass is 9.92. The van der Waals surface area contributed by atoms with E-state index in [1.54, 1.807) is 6.20 Å². The van der Waals surface area contributed by atoms with Gasteiger partial charge in [-0.25, -0.2) is 4.39 Å². The van der Waals surface area contributed by atoms with E-state index in [9.17, 15) is 4.39 Å². The highest BCUT2D eigenvalue weighted by Crippen LogP contribution is 2.63. The summed E-state index contributed by atoms with van der Waals surface area (Å²) in [7, 11) is 0. The maximum absolute atomic E-state index is 13.4. The van der Waals surface area contributed by atoms with E-state index < -0.39 is 0 Å². The zero-order valence-electron chi connectivity index (χ0n) is 11.7. The molecule has 2 aromatic rings. The number of hydrogen-bond donors (Lipinski definition) is 2. The van der Waals surface area contributed by atoms with E-state index in [-0.39, 0.29) is 11.9 Å². The Labute approximate surface area is 123 Å². The van der Waals surface area contributed by atoms with Crippen molar-refractivity contribution in [3.8, 4) is 0 Å². The Hall–Kier alpha value is -1.78. The molecule has 0 spiro atoms. The molecule has 1 aromatic heterocycles. The molecular weight excluding hydrogens is 265 g/mol. The van der Waals surface area contributed by atoms with Gasteiger partial charge in [0.25, 0.3) is 0 Å². The van der Waals surface area contributed by atoms with Crippen LogP contribution in [0.4, 0.5) is 4.39 Å². The Morgan fingerprint density at radius 2 is 2.14 bits per heavy atom. The van der Waals surface area contributed by atoms with Crippen LogP contribution in [0, 0.1) is 17.7 Å². The first kappa shape index (κ1) is 12.9. The second kappa shape index (κ2) is 4.90. The summed E-state index contributed by atoms with van der Waals surface area (Å²) in [5, 5.41) is 0. The van der Waals surface area contributed by atoms with Gasteiger partial charge in [0.2, 0.25) is 0 Å². The van der Waals surface area contributed by atoms with Crippen molar-refractivity contribution in [2.24, 2.45) is 17.7 Å². The van der Waals surface area contributed by atoms with E-state index >= 15 is 0 Å². The molecule has 4 rings (SSSR count). The van der Waals surface area contributed by atoms with Gasteiger partial charge < -0.3 is 0 Å². The number of hydrazine groups is 1. The van der Waals surface area contributed by atoms with Crippen molar-refractivity contribution in [1.82, 2.24) is 10.4 Å². The standard InChI is InChI=1S/C17H18FN3/c18-12-7-11(8-20-9-12)17(21-19)16-14-6-5-10-3-1-2-4-13(10)15(14)16/h1-4,7-9,14-17,21H,5-6,19H2. The van der Waals surface area contributed by atoms with Crippen molar-refractivity contribution >= 4 is 0 Å². The average molecular weight is 283 g/mol. The fourth-order valence-corrected chi connectivity index (χ4v) is 4.10. The molecule has 1 heterocycles. The first-order chi connectivity index (χ1) is 10.3. The number of aryl methyl sites for hydroxylation is 1. The molecule has 1 fully saturated rings. The van der Waals surface area contributed by atoms with Crippen LogP contribution < -0.4 is 11.3 Å². The van der Waals surface area contributed by atoms with Crippen molar-refractivity contribution in [2.75, 3.05) is 0 Å². The number of nitrogens with zero attached hydrogens (tertiary/aromatic N) is 1. The van der Waals surface area contributed by atoms with Crippen LogP contribution in [0.5, 0.6) is 0 Å². The third-order valence-electron chi connectivity index (χ3n) is 5.04. The molecule has 21 heavy (non-hydrogen) atoms. The van der Waals surface area contributed by atoms with Crippen molar-refractivity contribution in [2.45, 2.75) is 24.8 Å². The van der Waals surface area contributed by atoms with Gasteiger partial charge in [-0.15, -0.1) is 0 Å². The third-order valence-corrected chi connectivity index (χ3v) is 5.04. The molecular formula is C17H18FN3. The second-order valence-corrected chi connectivity index (χ2v) is 6.09. The van der Waals surface area contributed by atoms with Crippen LogP contribution in [-0.4, -0.2) is 4.98 Å². The molecule has 0 aliphatic heterocycles. The molecule has 1 aromatic carbocycles. The van der Waals surface area contributed by atoms with Gasteiger partial charge in [-0.05, 0) is 53.4 Å². The van der Waals surface area contributed by atoms with Gasteiger partial charge in [0.15, 0.2) is 0 Å². The molecule has 108 valence electrons. The highest BCUT2D eigenvalue weighted by Gasteiger charge is 2.56. The molecule has 0 saturated heterocycles. The van der Waals surface area contributed by atoms with Crippen LogP contribution >= 0.6 is 0 Å². The number of benzene rings is 1. The van der Waals surface area contributed by atoms with Crippen molar-refractivity contribution in [3.63, 3.8) is 0 Å². The Balaban J connectivity index is 1.66. The number of aromatic nitrogens is 1. The summed E-state index contributed by atoms with van der Waals surface area (Å²) in [5.74, 6) is 7.08. The third kappa shape index (κ3) is 2.06. The average Bonchev–Trinajstić information content (AvgIpc) is 3.23. The van der Waals surface area contributed by atoms with Crippen LogP contribution in [0.3, 0.4) is 0 Å². The largest absolute Gasteiger partial charge is 0.271 e. The number of nitrogens with one attached hydrogen (secondary N) is 1. The predicted octanol–water partition coefficient (Wildman–Crippen LogP) is 2.70. The predicted molar refractivity (Wildman–Crippen MR) is 78.7 cm³/mol. The van der Waals surface area contributed by atoms with Crippen LogP contribution in [0.2, 0.25) is 0 Å². The Morgan fingerprint density at radius 3 is 2.95 bits per heavy atom. The summed E-state index contributed by atoms with van der Waals surface area (Å²) in [6, 6.07) is 10.2. The molecule has 0 bridgehead atoms. The first-order valence-corrected chi connectivity index (χ1v) is 7.44. The van der Waals surface area contributed by atoms with Crippen LogP contribution in [0.25, 0.3) is 0 Å². The normalized spacial score (nSPS) is 27.6. The summed E-state index contributed by atoms with van der Waals surface area (Å²) in [4.78, 5) is 3.95. The molecule has 2 aliphatic rings. The van der Waals surface area contributed by atoms with E-state index in [0.717, 1.165) is 12.0 Å². The van der Waals surface area contributed by atoms with Gasteiger partial charge in [-0.3, -0.25) is 16.3 Å². The van der Waals surface area contributed by atoms with Crippen molar-refractivity contribution in [3.05, 3.63) is 65.2 Å². The van der Waals surface area contributed by atoms with E-state index in [1.165, 1.54) is 29.8 Å². The Bertz CT molecular complexity index is 673. The lowest BCUT2D eigenvalue weighted by Gasteiger charge is -2.16. The lowest BCUT2D eigenvalue weighted by Crippen LogP contribution is -2.30. The quantitative estimate of drug-likeness (QED) is 0.672. The molecule has 1 saturated carbocycles. The minimum atomic E-state index is -0.309. The maximum Gasteiger partial charge on any atom is 0.141 e. The number of halogens is 1. The van der Waals surface area contributed by atoms with Gasteiger partial charge in [0.05, 0.1) is 12.2 Å². The molecule has 4 unspecified atom stereocenters. The Kier molecular flexibility index (Phi) is 3.01. The van der Waals surface area contributed by atoms with Gasteiger partial charge in [-0.1, -0.05) is 24.3 Å². The topological polar surface area (TPSA) is 50.9 Å². The van der Waals surface area contributed by atoms with Crippen molar-refractivity contribution in [1.29, 1.82) is 0 Å². The molecule has 0 radical (unpaired) electrons. The van der Waals surface area contributed by atoms with Gasteiger partial charge in [-0.2, -0.15) is 0 Å². The smallest absolute Gasteiger partial charge is 0.141 e. The molecule has 3 N–H and O–H groups in total. The number of pyridine rings is 1. The summed E-state index contributed by atoms with van der Waals surface area (Å²) in [6.07, 6.45) is 5.26. The fourth-order valence-electron chi connectivity index (χ4n) is 4.10. The number of nitrogens with two attached hydrogens (primary N) is 1. The molecule has 2 aliphatic carbocycles. The molecule has 4 atom stereocenters. The fraction of sp³-hybridized carbons (Fsp3) is 0.353. The highest BCUT2D eigenvalue weighted by atomic mass is 19.1. The summed E-state index contributed by atoms with van der Waals surface area (Å²) in [6.45, 7) is 0. The maximum atomic E-state index is 13.4. The minimum absolute atomic E-state index is 0.0330. The van der Waals surface area contributed by atoms with Gasteiger partial charge in [0.1, 0.15) is 5.82 Å². The number of fused-ring (bicyclic) bond motifs is 3. The summed E-state index contributed by atoms with van der Waals surface area (Å²) < 4.78 is 13.4. The monoisotopic (exact) mass is 283 g/mol. The number of rotatable bonds is 3. The van der Waals surface area contributed by atoms with Crippen LogP contribution in [0.15, 0.2) is 42.7 Å². The molecule has 3 nitrogen and oxygen atoms in total. The van der Waals surface area contributed by atoms with Crippen molar-refractivity contribution < 1.29 is 4.39 Å². The second-order valence-electron chi connectivity index (χ2n) is 6.09. The Morgan fingerprint density at radius 1 is 1.29 bits per heavy atom. The van der Waals surface area contributed by atoms with Crippen LogP contribution in [-0.2, 0) is 6.42 Å². The highest BCUT2D eigenvalue weighted by molar-refractivity contribution is 5.41. The van der Waals surface area contributed by atoms with E-state index in [2.05, 4.69) is 34.7 Å². The van der Waals surface area contributed by atoms with Gasteiger partial charge in [0, 0.05) is 6.20 Å². The zero-order chi connectivity index (χ0) is 14.4. The van der Waals surface area contributed by atoms with E-state index in [1.807, 2.05) is 0 Å². The van der Waals surface area contributed by atoms with Gasteiger partial charge >= 0.3 is 0 Å². The summed E-state index contributed by atoms with van der Waals surface area (Å²) in [5.41, 5.74) is 6.63. The first-order valence-electron chi connectivity index (χ1n) is 7.44.